The first-order chi connectivity index (χ1) is 13.9. The zero-order chi connectivity index (χ0) is 20.4. The number of nitrogens with one attached hydrogen (secondary N) is 3. The lowest BCUT2D eigenvalue weighted by molar-refractivity contribution is -0.0236. The van der Waals surface area contributed by atoms with Gasteiger partial charge in [-0.1, -0.05) is 23.7 Å². The number of halogens is 1. The SMILES string of the molecule is Cc1ccncc1C(=O)NC1CC2(CC(NC(=O)NCc3ccc(Cl)cc3)C2)C1. The highest BCUT2D eigenvalue weighted by Gasteiger charge is 2.53. The molecule has 3 N–H and O–H groups in total. The zero-order valence-electron chi connectivity index (χ0n) is 16.4. The van der Waals surface area contributed by atoms with E-state index in [4.69, 9.17) is 11.6 Å². The van der Waals surface area contributed by atoms with Crippen LogP contribution < -0.4 is 16.0 Å². The topological polar surface area (TPSA) is 83.1 Å². The summed E-state index contributed by atoms with van der Waals surface area (Å²) >= 11 is 5.87. The number of hydrogen-bond donors (Lipinski definition) is 3. The van der Waals surface area contributed by atoms with Gasteiger partial charge in [-0.25, -0.2) is 4.79 Å². The van der Waals surface area contributed by atoms with Crippen LogP contribution in [0.15, 0.2) is 42.7 Å². The van der Waals surface area contributed by atoms with Gasteiger partial charge in [0.2, 0.25) is 0 Å². The van der Waals surface area contributed by atoms with E-state index in [9.17, 15) is 9.59 Å². The predicted octanol–water partition coefficient (Wildman–Crippen LogP) is 3.58. The minimum Gasteiger partial charge on any atom is -0.349 e. The van der Waals surface area contributed by atoms with Crippen LogP contribution in [0.2, 0.25) is 5.02 Å². The Balaban J connectivity index is 1.15. The van der Waals surface area contributed by atoms with Gasteiger partial charge in [0.05, 0.1) is 5.56 Å². The van der Waals surface area contributed by atoms with E-state index in [1.807, 2.05) is 37.3 Å². The Hall–Kier alpha value is -2.60. The van der Waals surface area contributed by atoms with E-state index in [0.717, 1.165) is 36.8 Å². The van der Waals surface area contributed by atoms with Crippen LogP contribution in [-0.4, -0.2) is 29.0 Å². The largest absolute Gasteiger partial charge is 0.349 e. The Bertz CT molecular complexity index is 901. The average Bonchev–Trinajstić information content (AvgIpc) is 2.64. The molecule has 7 heteroatoms. The van der Waals surface area contributed by atoms with Gasteiger partial charge in [0.15, 0.2) is 0 Å². The minimum absolute atomic E-state index is 0.0500. The molecular formula is C22H25ClN4O2. The lowest BCUT2D eigenvalue weighted by Gasteiger charge is -2.57. The van der Waals surface area contributed by atoms with Gasteiger partial charge < -0.3 is 16.0 Å². The lowest BCUT2D eigenvalue weighted by Crippen LogP contribution is -2.61. The van der Waals surface area contributed by atoms with Crippen LogP contribution in [0.4, 0.5) is 4.79 Å². The second kappa shape index (κ2) is 8.03. The summed E-state index contributed by atoms with van der Waals surface area (Å²) in [6.45, 7) is 2.39. The molecule has 0 unspecified atom stereocenters. The molecule has 152 valence electrons. The van der Waals surface area contributed by atoms with Crippen molar-refractivity contribution >= 4 is 23.5 Å². The number of hydrogen-bond acceptors (Lipinski definition) is 3. The summed E-state index contributed by atoms with van der Waals surface area (Å²) in [5.74, 6) is -0.0500. The number of carbonyl (C=O) groups is 2. The maximum absolute atomic E-state index is 12.4. The number of rotatable bonds is 5. The third kappa shape index (κ3) is 4.53. The Labute approximate surface area is 175 Å². The molecule has 1 aromatic carbocycles. The van der Waals surface area contributed by atoms with E-state index in [1.54, 1.807) is 12.4 Å². The molecule has 29 heavy (non-hydrogen) atoms. The molecule has 0 saturated heterocycles. The van der Waals surface area contributed by atoms with Crippen molar-refractivity contribution in [3.8, 4) is 0 Å². The number of nitrogens with zero attached hydrogens (tertiary/aromatic N) is 1. The Morgan fingerprint density at radius 3 is 2.38 bits per heavy atom. The molecule has 3 amide bonds. The van der Waals surface area contributed by atoms with Crippen LogP contribution in [0.1, 0.15) is 47.2 Å². The summed E-state index contributed by atoms with van der Waals surface area (Å²) in [6.07, 6.45) is 7.20. The van der Waals surface area contributed by atoms with Crippen molar-refractivity contribution in [2.45, 2.75) is 51.2 Å². The standard InChI is InChI=1S/C22H25ClN4O2/c1-14-6-7-24-13-19(14)20(28)26-17-8-22(9-17)10-18(11-22)27-21(29)25-12-15-2-4-16(23)5-3-15/h2-7,13,17-18H,8-12H2,1H3,(H,26,28)(H2,25,27,29). The van der Waals surface area contributed by atoms with Gasteiger partial charge in [-0.2, -0.15) is 0 Å². The monoisotopic (exact) mass is 412 g/mol. The fourth-order valence-corrected chi connectivity index (χ4v) is 4.62. The third-order valence-corrected chi connectivity index (χ3v) is 6.29. The molecule has 2 aliphatic rings. The molecule has 0 radical (unpaired) electrons. The molecule has 1 heterocycles. The molecule has 4 rings (SSSR count). The minimum atomic E-state index is -0.143. The fraction of sp³-hybridized carbons (Fsp3) is 0.409. The van der Waals surface area contributed by atoms with Crippen molar-refractivity contribution in [1.82, 2.24) is 20.9 Å². The highest BCUT2D eigenvalue weighted by molar-refractivity contribution is 6.30. The van der Waals surface area contributed by atoms with Gasteiger partial charge in [-0.15, -0.1) is 0 Å². The van der Waals surface area contributed by atoms with E-state index in [-0.39, 0.29) is 29.4 Å². The van der Waals surface area contributed by atoms with Crippen LogP contribution in [0.5, 0.6) is 0 Å². The van der Waals surface area contributed by atoms with Gasteiger partial charge >= 0.3 is 6.03 Å². The van der Waals surface area contributed by atoms with E-state index < -0.39 is 0 Å². The summed E-state index contributed by atoms with van der Waals surface area (Å²) in [5.41, 5.74) is 2.86. The van der Waals surface area contributed by atoms with E-state index in [1.165, 1.54) is 0 Å². The maximum Gasteiger partial charge on any atom is 0.315 e. The van der Waals surface area contributed by atoms with Gasteiger partial charge in [0, 0.05) is 36.0 Å². The van der Waals surface area contributed by atoms with E-state index in [0.29, 0.717) is 17.1 Å². The first kappa shape index (κ1) is 19.7. The molecule has 2 saturated carbocycles. The first-order valence-corrected chi connectivity index (χ1v) is 10.3. The smallest absolute Gasteiger partial charge is 0.315 e. The Morgan fingerprint density at radius 2 is 1.72 bits per heavy atom. The number of benzene rings is 1. The van der Waals surface area contributed by atoms with E-state index in [2.05, 4.69) is 20.9 Å². The number of aryl methyl sites for hydroxylation is 1. The van der Waals surface area contributed by atoms with Crippen LogP contribution in [-0.2, 0) is 6.54 Å². The van der Waals surface area contributed by atoms with Crippen LogP contribution >= 0.6 is 11.6 Å². The zero-order valence-corrected chi connectivity index (χ0v) is 17.1. The van der Waals surface area contributed by atoms with E-state index >= 15 is 0 Å². The summed E-state index contributed by atoms with van der Waals surface area (Å²) in [5, 5.41) is 9.71. The normalized spacial score (nSPS) is 24.9. The van der Waals surface area contributed by atoms with Crippen molar-refractivity contribution in [1.29, 1.82) is 0 Å². The van der Waals surface area contributed by atoms with Gasteiger partial charge in [-0.3, -0.25) is 9.78 Å². The highest BCUT2D eigenvalue weighted by atomic mass is 35.5. The highest BCUT2D eigenvalue weighted by Crippen LogP contribution is 2.55. The quantitative estimate of drug-likeness (QED) is 0.701. The molecule has 1 spiro atoms. The second-order valence-corrected chi connectivity index (χ2v) is 8.76. The molecule has 2 aliphatic carbocycles. The van der Waals surface area contributed by atoms with Crippen molar-refractivity contribution in [2.24, 2.45) is 5.41 Å². The summed E-state index contributed by atoms with van der Waals surface area (Å²) < 4.78 is 0. The molecule has 1 aromatic heterocycles. The van der Waals surface area contributed by atoms with Crippen molar-refractivity contribution < 1.29 is 9.59 Å². The Morgan fingerprint density at radius 1 is 1.07 bits per heavy atom. The summed E-state index contributed by atoms with van der Waals surface area (Å²) in [6, 6.07) is 9.54. The van der Waals surface area contributed by atoms with Gasteiger partial charge in [-0.05, 0) is 67.3 Å². The molecular weight excluding hydrogens is 388 g/mol. The van der Waals surface area contributed by atoms with Crippen LogP contribution in [0.3, 0.4) is 0 Å². The second-order valence-electron chi connectivity index (χ2n) is 8.33. The average molecular weight is 413 g/mol. The van der Waals surface area contributed by atoms with Crippen molar-refractivity contribution in [2.75, 3.05) is 0 Å². The third-order valence-electron chi connectivity index (χ3n) is 6.04. The first-order valence-electron chi connectivity index (χ1n) is 9.93. The van der Waals surface area contributed by atoms with Crippen LogP contribution in [0, 0.1) is 12.3 Å². The predicted molar refractivity (Wildman–Crippen MR) is 112 cm³/mol. The number of carbonyl (C=O) groups excluding carboxylic acids is 2. The lowest BCUT2D eigenvalue weighted by atomic mass is 9.52. The van der Waals surface area contributed by atoms with Gasteiger partial charge in [0.25, 0.3) is 5.91 Å². The summed E-state index contributed by atoms with van der Waals surface area (Å²) in [7, 11) is 0. The summed E-state index contributed by atoms with van der Waals surface area (Å²) in [4.78, 5) is 28.5. The Kier molecular flexibility index (Phi) is 5.46. The number of amides is 3. The molecule has 2 fully saturated rings. The number of urea groups is 1. The molecule has 0 bridgehead atoms. The van der Waals surface area contributed by atoms with Crippen molar-refractivity contribution in [3.63, 3.8) is 0 Å². The number of aromatic nitrogens is 1. The molecule has 0 aliphatic heterocycles. The number of pyridine rings is 1. The van der Waals surface area contributed by atoms with Gasteiger partial charge in [0.1, 0.15) is 0 Å². The maximum atomic E-state index is 12.4. The molecule has 6 nitrogen and oxygen atoms in total. The molecule has 2 aromatic rings. The van der Waals surface area contributed by atoms with Crippen LogP contribution in [0.25, 0.3) is 0 Å². The fourth-order valence-electron chi connectivity index (χ4n) is 4.49. The molecule has 0 atom stereocenters. The van der Waals surface area contributed by atoms with Crippen molar-refractivity contribution in [3.05, 3.63) is 64.4 Å².